The van der Waals surface area contributed by atoms with Gasteiger partial charge in [-0.1, -0.05) is 43.1 Å². The van der Waals surface area contributed by atoms with E-state index in [9.17, 15) is 0 Å². The first-order chi connectivity index (χ1) is 8.15. The molecule has 2 N–H and O–H groups in total. The molecule has 0 radical (unpaired) electrons. The van der Waals surface area contributed by atoms with E-state index in [0.29, 0.717) is 5.11 Å². The van der Waals surface area contributed by atoms with Crippen molar-refractivity contribution in [3.63, 3.8) is 0 Å². The van der Waals surface area contributed by atoms with Gasteiger partial charge in [0, 0.05) is 11.6 Å². The molecule has 1 atom stereocenters. The number of rotatable bonds is 5. The van der Waals surface area contributed by atoms with Crippen LogP contribution in [0.15, 0.2) is 24.3 Å². The summed E-state index contributed by atoms with van der Waals surface area (Å²) in [5, 5.41) is 7.87. The molecule has 4 heteroatoms. The summed E-state index contributed by atoms with van der Waals surface area (Å²) in [5.41, 5.74) is 1.06. The Hall–Kier alpha value is -0.800. The normalized spacial score (nSPS) is 11.9. The van der Waals surface area contributed by atoms with Gasteiger partial charge < -0.3 is 10.6 Å². The van der Waals surface area contributed by atoms with Crippen molar-refractivity contribution in [3.8, 4) is 0 Å². The topological polar surface area (TPSA) is 24.1 Å². The highest BCUT2D eigenvalue weighted by atomic mass is 35.5. The van der Waals surface area contributed by atoms with Crippen LogP contribution in [0.1, 0.15) is 38.3 Å². The number of thiocarbonyl (C=S) groups is 1. The molecule has 0 aromatic heterocycles. The number of hydrogen-bond acceptors (Lipinski definition) is 1. The van der Waals surface area contributed by atoms with Gasteiger partial charge in [0.05, 0.1) is 6.04 Å². The fourth-order valence-corrected chi connectivity index (χ4v) is 2.11. The average molecular weight is 271 g/mol. The zero-order valence-electron chi connectivity index (χ0n) is 10.3. The molecule has 0 heterocycles. The maximum Gasteiger partial charge on any atom is 0.166 e. The van der Waals surface area contributed by atoms with Crippen LogP contribution in [0.25, 0.3) is 0 Å². The molecule has 94 valence electrons. The summed E-state index contributed by atoms with van der Waals surface area (Å²) in [7, 11) is 0. The number of nitrogens with one attached hydrogen (secondary N) is 2. The predicted octanol–water partition coefficient (Wildman–Crippen LogP) is 3.67. The highest BCUT2D eigenvalue weighted by molar-refractivity contribution is 7.80. The van der Waals surface area contributed by atoms with E-state index in [-0.39, 0.29) is 6.04 Å². The van der Waals surface area contributed by atoms with Crippen LogP contribution >= 0.6 is 23.8 Å². The molecular formula is C13H19ClN2S. The van der Waals surface area contributed by atoms with Crippen molar-refractivity contribution in [1.29, 1.82) is 0 Å². The summed E-state index contributed by atoms with van der Waals surface area (Å²) in [6, 6.07) is 7.92. The lowest BCUT2D eigenvalue weighted by molar-refractivity contribution is 0.683. The average Bonchev–Trinajstić information content (AvgIpc) is 2.29. The van der Waals surface area contributed by atoms with Crippen LogP contribution in [0.5, 0.6) is 0 Å². The highest BCUT2D eigenvalue weighted by Gasteiger charge is 2.09. The van der Waals surface area contributed by atoms with Crippen LogP contribution in [-0.4, -0.2) is 11.7 Å². The van der Waals surface area contributed by atoms with Gasteiger partial charge in [0.15, 0.2) is 5.11 Å². The lowest BCUT2D eigenvalue weighted by Crippen LogP contribution is -2.37. The third kappa shape index (κ3) is 4.92. The zero-order chi connectivity index (χ0) is 12.7. The Balaban J connectivity index is 2.46. The van der Waals surface area contributed by atoms with Gasteiger partial charge in [-0.25, -0.2) is 0 Å². The molecule has 1 aromatic rings. The van der Waals surface area contributed by atoms with Crippen LogP contribution in [0.3, 0.4) is 0 Å². The van der Waals surface area contributed by atoms with E-state index in [1.807, 2.05) is 24.3 Å². The molecule has 0 bridgehead atoms. The minimum Gasteiger partial charge on any atom is -0.363 e. The summed E-state index contributed by atoms with van der Waals surface area (Å²) >= 11 is 11.3. The van der Waals surface area contributed by atoms with Gasteiger partial charge in [-0.15, -0.1) is 0 Å². The first kappa shape index (κ1) is 14.3. The zero-order valence-corrected chi connectivity index (χ0v) is 11.9. The van der Waals surface area contributed by atoms with Crippen molar-refractivity contribution in [3.05, 3.63) is 34.9 Å². The molecule has 1 unspecified atom stereocenters. The summed E-state index contributed by atoms with van der Waals surface area (Å²) in [6.07, 6.45) is 2.29. The van der Waals surface area contributed by atoms with Crippen molar-refractivity contribution in [2.75, 3.05) is 6.54 Å². The fraction of sp³-hybridized carbons (Fsp3) is 0.462. The van der Waals surface area contributed by atoms with Crippen LogP contribution in [0.4, 0.5) is 0 Å². The summed E-state index contributed by atoms with van der Waals surface area (Å²) in [5.74, 6) is 0. The van der Waals surface area contributed by atoms with E-state index in [1.54, 1.807) is 0 Å². The Morgan fingerprint density at radius 3 is 2.76 bits per heavy atom. The molecule has 1 rings (SSSR count). The minimum absolute atomic E-state index is 0.116. The third-order valence-corrected chi connectivity index (χ3v) is 3.14. The smallest absolute Gasteiger partial charge is 0.166 e. The Bertz CT molecular complexity index is 368. The van der Waals surface area contributed by atoms with Gasteiger partial charge in [-0.2, -0.15) is 0 Å². The monoisotopic (exact) mass is 270 g/mol. The largest absolute Gasteiger partial charge is 0.363 e. The Labute approximate surface area is 114 Å². The standard InChI is InChI=1S/C13H19ClN2S/c1-3-4-9-15-13(17)16-10(2)11-7-5-6-8-12(11)14/h5-8,10H,3-4,9H2,1-2H3,(H2,15,16,17). The summed E-state index contributed by atoms with van der Waals surface area (Å²) in [6.45, 7) is 5.12. The van der Waals surface area contributed by atoms with E-state index in [2.05, 4.69) is 24.5 Å². The van der Waals surface area contributed by atoms with Crippen molar-refractivity contribution >= 4 is 28.9 Å². The van der Waals surface area contributed by atoms with Crippen LogP contribution in [-0.2, 0) is 0 Å². The Morgan fingerprint density at radius 1 is 1.41 bits per heavy atom. The molecule has 0 aliphatic rings. The van der Waals surface area contributed by atoms with E-state index in [0.717, 1.165) is 30.0 Å². The van der Waals surface area contributed by atoms with Crippen LogP contribution in [0, 0.1) is 0 Å². The SMILES string of the molecule is CCCCNC(=S)NC(C)c1ccccc1Cl. The van der Waals surface area contributed by atoms with Crippen LogP contribution < -0.4 is 10.6 Å². The second kappa shape index (κ2) is 7.51. The fourth-order valence-electron chi connectivity index (χ4n) is 1.53. The lowest BCUT2D eigenvalue weighted by Gasteiger charge is -2.18. The molecule has 0 saturated carbocycles. The van der Waals surface area contributed by atoms with Crippen molar-refractivity contribution < 1.29 is 0 Å². The highest BCUT2D eigenvalue weighted by Crippen LogP contribution is 2.21. The summed E-state index contributed by atoms with van der Waals surface area (Å²) < 4.78 is 0. The molecule has 17 heavy (non-hydrogen) atoms. The molecule has 0 spiro atoms. The number of halogens is 1. The van der Waals surface area contributed by atoms with Crippen molar-refractivity contribution in [2.45, 2.75) is 32.7 Å². The van der Waals surface area contributed by atoms with E-state index in [1.165, 1.54) is 0 Å². The second-order valence-corrected chi connectivity index (χ2v) is 4.81. The van der Waals surface area contributed by atoms with E-state index in [4.69, 9.17) is 23.8 Å². The second-order valence-electron chi connectivity index (χ2n) is 4.00. The van der Waals surface area contributed by atoms with Gasteiger partial charge in [-0.05, 0) is 37.2 Å². The summed E-state index contributed by atoms with van der Waals surface area (Å²) in [4.78, 5) is 0. The van der Waals surface area contributed by atoms with Gasteiger partial charge in [0.1, 0.15) is 0 Å². The van der Waals surface area contributed by atoms with Crippen molar-refractivity contribution in [2.24, 2.45) is 0 Å². The minimum atomic E-state index is 0.116. The maximum atomic E-state index is 6.13. The first-order valence-corrected chi connectivity index (χ1v) is 6.72. The number of hydrogen-bond donors (Lipinski definition) is 2. The van der Waals surface area contributed by atoms with Crippen LogP contribution in [0.2, 0.25) is 5.02 Å². The Kier molecular flexibility index (Phi) is 6.30. The molecule has 0 aliphatic heterocycles. The predicted molar refractivity (Wildman–Crippen MR) is 78.5 cm³/mol. The van der Waals surface area contributed by atoms with Crippen molar-refractivity contribution in [1.82, 2.24) is 10.6 Å². The lowest BCUT2D eigenvalue weighted by atomic mass is 10.1. The molecule has 2 nitrogen and oxygen atoms in total. The quantitative estimate of drug-likeness (QED) is 0.631. The number of unbranched alkanes of at least 4 members (excludes halogenated alkanes) is 1. The van der Waals surface area contributed by atoms with Gasteiger partial charge in [0.25, 0.3) is 0 Å². The first-order valence-electron chi connectivity index (χ1n) is 5.94. The molecule has 0 aliphatic carbocycles. The molecule has 0 amide bonds. The van der Waals surface area contributed by atoms with Gasteiger partial charge in [0.2, 0.25) is 0 Å². The van der Waals surface area contributed by atoms with Gasteiger partial charge in [-0.3, -0.25) is 0 Å². The molecule has 0 saturated heterocycles. The third-order valence-electron chi connectivity index (χ3n) is 2.54. The molecule has 0 fully saturated rings. The molecular weight excluding hydrogens is 252 g/mol. The van der Waals surface area contributed by atoms with E-state index < -0.39 is 0 Å². The molecule has 1 aromatic carbocycles. The Morgan fingerprint density at radius 2 is 2.12 bits per heavy atom. The van der Waals surface area contributed by atoms with E-state index >= 15 is 0 Å². The van der Waals surface area contributed by atoms with Gasteiger partial charge >= 0.3 is 0 Å². The number of benzene rings is 1. The maximum absolute atomic E-state index is 6.13.